The van der Waals surface area contributed by atoms with E-state index in [1.807, 2.05) is 24.3 Å². The number of aromatic nitrogens is 1. The van der Waals surface area contributed by atoms with Crippen molar-refractivity contribution in [3.63, 3.8) is 0 Å². The fourth-order valence-corrected chi connectivity index (χ4v) is 2.22. The Balaban J connectivity index is 2.15. The van der Waals surface area contributed by atoms with Gasteiger partial charge in [-0.05, 0) is 47.1 Å². The van der Waals surface area contributed by atoms with E-state index >= 15 is 0 Å². The number of rotatable bonds is 5. The van der Waals surface area contributed by atoms with Crippen molar-refractivity contribution in [3.05, 3.63) is 58.8 Å². The molecule has 0 aliphatic heterocycles. The lowest BCUT2D eigenvalue weighted by Gasteiger charge is -2.17. The molecule has 0 bridgehead atoms. The molecule has 0 saturated heterocycles. The van der Waals surface area contributed by atoms with E-state index in [0.717, 1.165) is 4.47 Å². The van der Waals surface area contributed by atoms with E-state index in [4.69, 9.17) is 4.74 Å². The van der Waals surface area contributed by atoms with Gasteiger partial charge in [-0.2, -0.15) is 5.26 Å². The summed E-state index contributed by atoms with van der Waals surface area (Å²) in [5, 5.41) is 9.24. The molecule has 4 nitrogen and oxygen atoms in total. The molecule has 1 heterocycles. The fourth-order valence-electron chi connectivity index (χ4n) is 1.85. The monoisotopic (exact) mass is 344 g/mol. The average molecular weight is 345 g/mol. The summed E-state index contributed by atoms with van der Waals surface area (Å²) in [6.45, 7) is 1.63. The van der Waals surface area contributed by atoms with E-state index < -0.39 is 12.0 Å². The molecule has 2 aromatic rings. The number of carbonyl (C=O) groups is 1. The average Bonchev–Trinajstić information content (AvgIpc) is 2.51. The molecule has 0 spiro atoms. The molecular weight excluding hydrogens is 332 g/mol. The first-order valence-corrected chi connectivity index (χ1v) is 7.18. The van der Waals surface area contributed by atoms with Gasteiger partial charge < -0.3 is 4.74 Å². The van der Waals surface area contributed by atoms with Crippen molar-refractivity contribution in [1.82, 2.24) is 4.98 Å². The predicted octanol–water partition coefficient (Wildman–Crippen LogP) is 3.49. The number of hydrogen-bond donors (Lipinski definition) is 0. The van der Waals surface area contributed by atoms with Crippen molar-refractivity contribution in [2.24, 2.45) is 0 Å². The number of para-hydroxylation sites is 1. The second-order valence-corrected chi connectivity index (χ2v) is 5.26. The first-order valence-electron chi connectivity index (χ1n) is 6.39. The molecule has 1 aromatic carbocycles. The predicted molar refractivity (Wildman–Crippen MR) is 81.8 cm³/mol. The molecule has 2 atom stereocenters. The van der Waals surface area contributed by atoms with Crippen molar-refractivity contribution < 1.29 is 9.53 Å². The Morgan fingerprint density at radius 2 is 2.00 bits per heavy atom. The van der Waals surface area contributed by atoms with Gasteiger partial charge in [-0.25, -0.2) is 0 Å². The third-order valence-corrected chi connectivity index (χ3v) is 3.59. The van der Waals surface area contributed by atoms with Crippen molar-refractivity contribution in [2.45, 2.75) is 18.9 Å². The summed E-state index contributed by atoms with van der Waals surface area (Å²) in [6, 6.07) is 14.4. The number of pyridine rings is 1. The highest BCUT2D eigenvalue weighted by atomic mass is 79.9. The quantitative estimate of drug-likeness (QED) is 0.832. The highest BCUT2D eigenvalue weighted by Gasteiger charge is 2.28. The van der Waals surface area contributed by atoms with Gasteiger partial charge in [-0.15, -0.1) is 0 Å². The molecule has 0 unspecified atom stereocenters. The topological polar surface area (TPSA) is 63.0 Å². The van der Waals surface area contributed by atoms with E-state index in [1.54, 1.807) is 37.4 Å². The van der Waals surface area contributed by atoms with Crippen LogP contribution >= 0.6 is 15.9 Å². The molecule has 0 saturated carbocycles. The minimum absolute atomic E-state index is 0.313. The third-order valence-electron chi connectivity index (χ3n) is 2.94. The van der Waals surface area contributed by atoms with Gasteiger partial charge in [0.2, 0.25) is 0 Å². The number of halogens is 1. The smallest absolute Gasteiger partial charge is 0.196 e. The van der Waals surface area contributed by atoms with Gasteiger partial charge in [-0.3, -0.25) is 9.78 Å². The molecular formula is C16H13BrN2O2. The number of benzene rings is 1. The normalized spacial score (nSPS) is 13.0. The van der Waals surface area contributed by atoms with Crippen LogP contribution in [-0.4, -0.2) is 16.9 Å². The summed E-state index contributed by atoms with van der Waals surface area (Å²) in [6.07, 6.45) is 0.821. The van der Waals surface area contributed by atoms with Gasteiger partial charge in [0.1, 0.15) is 5.75 Å². The Labute approximate surface area is 131 Å². The van der Waals surface area contributed by atoms with Gasteiger partial charge in [-0.1, -0.05) is 18.2 Å². The Morgan fingerprint density at radius 1 is 1.29 bits per heavy atom. The molecule has 0 radical (unpaired) electrons. The van der Waals surface area contributed by atoms with Gasteiger partial charge in [0.15, 0.2) is 17.8 Å². The summed E-state index contributed by atoms with van der Waals surface area (Å²) in [5.74, 6) is -0.674. The van der Waals surface area contributed by atoms with Crippen LogP contribution in [0, 0.1) is 11.3 Å². The van der Waals surface area contributed by atoms with Crippen LogP contribution in [0.3, 0.4) is 0 Å². The number of hydrogen-bond acceptors (Lipinski definition) is 4. The Kier molecular flexibility index (Phi) is 5.07. The van der Waals surface area contributed by atoms with E-state index in [2.05, 4.69) is 20.9 Å². The molecule has 2 rings (SSSR count). The van der Waals surface area contributed by atoms with Gasteiger partial charge >= 0.3 is 0 Å². The van der Waals surface area contributed by atoms with Crippen molar-refractivity contribution in [3.8, 4) is 11.8 Å². The summed E-state index contributed by atoms with van der Waals surface area (Å²) in [7, 11) is 0. The summed E-state index contributed by atoms with van der Waals surface area (Å²) in [4.78, 5) is 16.5. The number of Topliss-reactive ketones (excluding diaryl/α,β-unsaturated/α-hetero) is 1. The van der Waals surface area contributed by atoms with Crippen molar-refractivity contribution in [1.29, 1.82) is 5.26 Å². The number of ether oxygens (including phenoxy) is 1. The van der Waals surface area contributed by atoms with Crippen LogP contribution in [0.2, 0.25) is 0 Å². The molecule has 0 aliphatic rings. The molecule has 1 aromatic heterocycles. The highest BCUT2D eigenvalue weighted by molar-refractivity contribution is 9.10. The molecule has 5 heteroatoms. The zero-order chi connectivity index (χ0) is 15.2. The van der Waals surface area contributed by atoms with E-state index in [0.29, 0.717) is 11.4 Å². The zero-order valence-corrected chi connectivity index (χ0v) is 12.9. The van der Waals surface area contributed by atoms with Crippen LogP contribution in [0.25, 0.3) is 0 Å². The van der Waals surface area contributed by atoms with E-state index in [9.17, 15) is 10.1 Å². The first-order chi connectivity index (χ1) is 10.1. The molecule has 0 aliphatic carbocycles. The molecule has 21 heavy (non-hydrogen) atoms. The first kappa shape index (κ1) is 15.2. The van der Waals surface area contributed by atoms with E-state index in [1.165, 1.54) is 0 Å². The molecule has 0 amide bonds. The minimum Gasteiger partial charge on any atom is -0.482 e. The summed E-state index contributed by atoms with van der Waals surface area (Å²) < 4.78 is 6.40. The third kappa shape index (κ3) is 3.67. The molecule has 0 fully saturated rings. The van der Waals surface area contributed by atoms with Gasteiger partial charge in [0.25, 0.3) is 0 Å². The Bertz CT molecular complexity index is 667. The Hall–Kier alpha value is -2.19. The Morgan fingerprint density at radius 3 is 2.62 bits per heavy atom. The summed E-state index contributed by atoms with van der Waals surface area (Å²) in [5.41, 5.74) is 0.438. The maximum Gasteiger partial charge on any atom is 0.196 e. The largest absolute Gasteiger partial charge is 0.482 e. The van der Waals surface area contributed by atoms with E-state index in [-0.39, 0.29) is 5.78 Å². The fraction of sp³-hybridized carbons (Fsp3) is 0.188. The van der Waals surface area contributed by atoms with Crippen LogP contribution in [-0.2, 0) is 4.79 Å². The standard InChI is InChI=1S/C16H13BrN2O2/c1-11(21-15-8-3-2-6-13(15)17)16(20)12(10-18)14-7-4-5-9-19-14/h2-9,11-12H,1H3/t11-,12+/m0/s1. The van der Waals surface area contributed by atoms with Crippen LogP contribution in [0.15, 0.2) is 53.1 Å². The maximum absolute atomic E-state index is 12.4. The lowest BCUT2D eigenvalue weighted by atomic mass is 9.98. The van der Waals surface area contributed by atoms with Crippen molar-refractivity contribution >= 4 is 21.7 Å². The SMILES string of the molecule is C[C@H](Oc1ccccc1Br)C(=O)[C@H](C#N)c1ccccn1. The van der Waals surface area contributed by atoms with Crippen LogP contribution in [0.5, 0.6) is 5.75 Å². The lowest BCUT2D eigenvalue weighted by molar-refractivity contribution is -0.125. The van der Waals surface area contributed by atoms with Crippen LogP contribution in [0.4, 0.5) is 0 Å². The highest BCUT2D eigenvalue weighted by Crippen LogP contribution is 2.26. The van der Waals surface area contributed by atoms with Crippen LogP contribution < -0.4 is 4.74 Å². The number of nitrogens with zero attached hydrogens (tertiary/aromatic N) is 2. The second kappa shape index (κ2) is 7.00. The second-order valence-electron chi connectivity index (χ2n) is 4.41. The van der Waals surface area contributed by atoms with Crippen molar-refractivity contribution in [2.75, 3.05) is 0 Å². The molecule has 106 valence electrons. The van der Waals surface area contributed by atoms with Gasteiger partial charge in [0.05, 0.1) is 16.2 Å². The van der Waals surface area contributed by atoms with Gasteiger partial charge in [0, 0.05) is 6.20 Å². The minimum atomic E-state index is -0.927. The number of nitriles is 1. The molecule has 0 N–H and O–H groups in total. The maximum atomic E-state index is 12.4. The van der Waals surface area contributed by atoms with Crippen LogP contribution in [0.1, 0.15) is 18.5 Å². The lowest BCUT2D eigenvalue weighted by Crippen LogP contribution is -2.29. The summed E-state index contributed by atoms with van der Waals surface area (Å²) >= 11 is 3.36. The number of ketones is 1. The number of carbonyl (C=O) groups excluding carboxylic acids is 1. The zero-order valence-electron chi connectivity index (χ0n) is 11.4.